The van der Waals surface area contributed by atoms with Crippen LogP contribution in [0.3, 0.4) is 0 Å². The monoisotopic (exact) mass is 512 g/mol. The zero-order chi connectivity index (χ0) is 25.4. The predicted molar refractivity (Wildman–Crippen MR) is 133 cm³/mol. The van der Waals surface area contributed by atoms with Crippen LogP contribution >= 0.6 is 11.6 Å². The molecule has 1 aliphatic heterocycles. The van der Waals surface area contributed by atoms with Gasteiger partial charge in [-0.3, -0.25) is 4.79 Å². The summed E-state index contributed by atoms with van der Waals surface area (Å²) in [6, 6.07) is 9.16. The van der Waals surface area contributed by atoms with E-state index < -0.39 is 17.7 Å². The van der Waals surface area contributed by atoms with Gasteiger partial charge >= 0.3 is 0 Å². The Labute approximate surface area is 210 Å². The van der Waals surface area contributed by atoms with E-state index in [9.17, 15) is 13.6 Å². The van der Waals surface area contributed by atoms with Crippen molar-refractivity contribution in [3.8, 4) is 16.9 Å². The summed E-state index contributed by atoms with van der Waals surface area (Å²) in [4.78, 5) is 18.8. The van der Waals surface area contributed by atoms with Crippen LogP contribution in [0.15, 0.2) is 53.3 Å². The number of nitrogens with zero attached hydrogens (tertiary/aromatic N) is 2. The van der Waals surface area contributed by atoms with Crippen molar-refractivity contribution in [2.24, 2.45) is 0 Å². The molecule has 1 aliphatic rings. The Hall–Kier alpha value is -3.69. The Balaban J connectivity index is 1.45. The van der Waals surface area contributed by atoms with Crippen LogP contribution in [-0.2, 0) is 0 Å². The Morgan fingerprint density at radius 2 is 1.86 bits per heavy atom. The third-order valence-corrected chi connectivity index (χ3v) is 6.61. The zero-order valence-corrected chi connectivity index (χ0v) is 20.1. The van der Waals surface area contributed by atoms with Gasteiger partial charge in [-0.15, -0.1) is 0 Å². The third-order valence-electron chi connectivity index (χ3n) is 6.23. The van der Waals surface area contributed by atoms with Crippen molar-refractivity contribution in [3.05, 3.63) is 76.6 Å². The van der Waals surface area contributed by atoms with Gasteiger partial charge in [0.15, 0.2) is 11.4 Å². The van der Waals surface area contributed by atoms with Crippen LogP contribution in [0, 0.1) is 11.6 Å². The molecule has 1 atom stereocenters. The average molecular weight is 513 g/mol. The van der Waals surface area contributed by atoms with Crippen molar-refractivity contribution >= 4 is 34.3 Å². The molecule has 2 aromatic carbocycles. The summed E-state index contributed by atoms with van der Waals surface area (Å²) in [5, 5.41) is 3.48. The molecule has 1 amide bonds. The number of amides is 1. The molecule has 0 radical (unpaired) electrons. The summed E-state index contributed by atoms with van der Waals surface area (Å²) in [7, 11) is 0. The topological polar surface area (TPSA) is 93.6 Å². The fraction of sp³-hybridized carbons (Fsp3) is 0.231. The van der Waals surface area contributed by atoms with Gasteiger partial charge in [-0.05, 0) is 36.8 Å². The number of halogens is 3. The molecule has 3 heterocycles. The first-order chi connectivity index (χ1) is 17.3. The largest absolute Gasteiger partial charge is 0.478 e. The van der Waals surface area contributed by atoms with E-state index in [-0.39, 0.29) is 28.1 Å². The maximum Gasteiger partial charge on any atom is 0.253 e. The third kappa shape index (κ3) is 4.36. The number of ether oxygens (including phenoxy) is 1. The summed E-state index contributed by atoms with van der Waals surface area (Å²) in [6.07, 6.45) is 2.11. The van der Waals surface area contributed by atoms with Gasteiger partial charge in [0, 0.05) is 49.1 Å². The Morgan fingerprint density at radius 1 is 1.17 bits per heavy atom. The Bertz CT molecular complexity index is 1440. The summed E-state index contributed by atoms with van der Waals surface area (Å²) in [6.45, 7) is 4.43. The van der Waals surface area contributed by atoms with E-state index in [1.807, 2.05) is 17.0 Å². The number of nitrogen functional groups attached to an aromatic ring is 1. The number of piperazine rings is 1. The van der Waals surface area contributed by atoms with Crippen molar-refractivity contribution in [1.82, 2.24) is 15.2 Å². The van der Waals surface area contributed by atoms with Gasteiger partial charge in [0.05, 0.1) is 16.7 Å². The Morgan fingerprint density at radius 3 is 2.58 bits per heavy atom. The van der Waals surface area contributed by atoms with Gasteiger partial charge in [-0.1, -0.05) is 23.7 Å². The van der Waals surface area contributed by atoms with E-state index in [1.54, 1.807) is 18.3 Å². The molecule has 2 aromatic heterocycles. The first kappa shape index (κ1) is 24.0. The second-order valence-electron chi connectivity index (χ2n) is 8.50. The number of furan rings is 1. The number of carbonyl (C=O) groups excluding carboxylic acids is 1. The van der Waals surface area contributed by atoms with E-state index in [4.69, 9.17) is 26.5 Å². The lowest BCUT2D eigenvalue weighted by Crippen LogP contribution is -2.46. The minimum atomic E-state index is -0.980. The molecule has 0 spiro atoms. The first-order valence-corrected chi connectivity index (χ1v) is 11.8. The summed E-state index contributed by atoms with van der Waals surface area (Å²) in [5.74, 6) is -1.35. The molecule has 5 rings (SSSR count). The van der Waals surface area contributed by atoms with E-state index in [2.05, 4.69) is 10.3 Å². The smallest absolute Gasteiger partial charge is 0.253 e. The molecular weight excluding hydrogens is 490 g/mol. The van der Waals surface area contributed by atoms with Crippen molar-refractivity contribution in [2.75, 3.05) is 31.9 Å². The number of carbonyl (C=O) groups is 1. The average Bonchev–Trinajstić information content (AvgIpc) is 3.33. The fourth-order valence-corrected chi connectivity index (χ4v) is 4.62. The lowest BCUT2D eigenvalue weighted by atomic mass is 10.0. The highest BCUT2D eigenvalue weighted by Crippen LogP contribution is 2.40. The molecule has 36 heavy (non-hydrogen) atoms. The number of hydrogen-bond acceptors (Lipinski definition) is 6. The maximum absolute atomic E-state index is 14.4. The molecule has 0 bridgehead atoms. The highest BCUT2D eigenvalue weighted by atomic mass is 35.5. The van der Waals surface area contributed by atoms with E-state index in [0.717, 1.165) is 30.8 Å². The Kier molecular flexibility index (Phi) is 6.51. The highest BCUT2D eigenvalue weighted by molar-refractivity contribution is 6.31. The lowest BCUT2D eigenvalue weighted by molar-refractivity contribution is 0.0736. The van der Waals surface area contributed by atoms with Gasteiger partial charge in [0.25, 0.3) is 5.91 Å². The maximum atomic E-state index is 14.4. The number of nitrogens with two attached hydrogens (primary N) is 1. The molecule has 1 saturated heterocycles. The number of fused-ring (bicyclic) bond motifs is 1. The number of nitrogens with one attached hydrogen (secondary N) is 1. The summed E-state index contributed by atoms with van der Waals surface area (Å²) in [5.41, 5.74) is 8.33. The molecule has 0 aliphatic carbocycles. The standard InChI is InChI=1S/C26H23ClF2N4O3/c1-14(21-19(28)6-7-20(29)22(21)27)36-24-23-17(12-32-25(24)30)18(13-35-23)15-2-4-16(5-3-15)26(34)33-10-8-31-9-11-33/h2-7,12-14,31H,8-11H2,1H3,(H2,30,32)/t14-/m1/s1. The van der Waals surface area contributed by atoms with E-state index >= 15 is 0 Å². The normalized spacial score (nSPS) is 14.7. The molecular formula is C26H23ClF2N4O3. The van der Waals surface area contributed by atoms with Crippen molar-refractivity contribution in [2.45, 2.75) is 13.0 Å². The van der Waals surface area contributed by atoms with Crippen LogP contribution in [0.1, 0.15) is 28.9 Å². The second-order valence-corrected chi connectivity index (χ2v) is 8.88. The van der Waals surface area contributed by atoms with Crippen LogP contribution < -0.4 is 15.8 Å². The summed E-state index contributed by atoms with van der Waals surface area (Å²) < 4.78 is 40.0. The van der Waals surface area contributed by atoms with Crippen LogP contribution in [0.4, 0.5) is 14.6 Å². The minimum absolute atomic E-state index is 0.0116. The van der Waals surface area contributed by atoms with Crippen LogP contribution in [0.5, 0.6) is 5.75 Å². The number of rotatable bonds is 5. The van der Waals surface area contributed by atoms with Gasteiger partial charge in [0.1, 0.15) is 17.7 Å². The van der Waals surface area contributed by atoms with Crippen molar-refractivity contribution in [1.29, 1.82) is 0 Å². The molecule has 10 heteroatoms. The fourth-order valence-electron chi connectivity index (χ4n) is 4.31. The van der Waals surface area contributed by atoms with Gasteiger partial charge < -0.3 is 25.1 Å². The van der Waals surface area contributed by atoms with Crippen LogP contribution in [0.2, 0.25) is 5.02 Å². The number of pyridine rings is 1. The minimum Gasteiger partial charge on any atom is -0.478 e. The van der Waals surface area contributed by atoms with Crippen molar-refractivity contribution in [3.63, 3.8) is 0 Å². The predicted octanol–water partition coefficient (Wildman–Crippen LogP) is 5.19. The molecule has 3 N–H and O–H groups in total. The SMILES string of the molecule is C[C@@H](Oc1c(N)ncc2c(-c3ccc(C(=O)N4CCNCC4)cc3)coc12)c1c(F)ccc(F)c1Cl. The molecule has 0 unspecified atom stereocenters. The number of hydrogen-bond donors (Lipinski definition) is 2. The van der Waals surface area contributed by atoms with E-state index in [1.165, 1.54) is 13.2 Å². The quantitative estimate of drug-likeness (QED) is 0.357. The van der Waals surface area contributed by atoms with Crippen LogP contribution in [0.25, 0.3) is 22.1 Å². The van der Waals surface area contributed by atoms with Crippen LogP contribution in [-0.4, -0.2) is 42.0 Å². The van der Waals surface area contributed by atoms with Crippen molar-refractivity contribution < 1.29 is 22.7 Å². The number of benzene rings is 2. The summed E-state index contributed by atoms with van der Waals surface area (Å²) >= 11 is 5.99. The molecule has 1 fully saturated rings. The zero-order valence-electron chi connectivity index (χ0n) is 19.4. The van der Waals surface area contributed by atoms with Gasteiger partial charge in [0.2, 0.25) is 5.75 Å². The van der Waals surface area contributed by atoms with E-state index in [0.29, 0.717) is 35.2 Å². The molecule has 4 aromatic rings. The highest BCUT2D eigenvalue weighted by Gasteiger charge is 2.24. The molecule has 186 valence electrons. The molecule has 7 nitrogen and oxygen atoms in total. The number of anilines is 1. The first-order valence-electron chi connectivity index (χ1n) is 11.4. The lowest BCUT2D eigenvalue weighted by Gasteiger charge is -2.27. The second kappa shape index (κ2) is 9.75. The molecule has 0 saturated carbocycles. The van der Waals surface area contributed by atoms with Gasteiger partial charge in [-0.2, -0.15) is 0 Å². The number of aromatic nitrogens is 1. The van der Waals surface area contributed by atoms with Gasteiger partial charge in [-0.25, -0.2) is 13.8 Å².